The first-order valence-electron chi connectivity index (χ1n) is 5.65. The summed E-state index contributed by atoms with van der Waals surface area (Å²) in [5.41, 5.74) is 1.29. The minimum absolute atomic E-state index is 0.437. The minimum atomic E-state index is -3.38. The van der Waals surface area contributed by atoms with Gasteiger partial charge in [0.2, 0.25) is 10.0 Å². The van der Waals surface area contributed by atoms with Gasteiger partial charge in [0, 0.05) is 4.47 Å². The number of primary sulfonamides is 1. The van der Waals surface area contributed by atoms with Crippen molar-refractivity contribution in [3.8, 4) is 0 Å². The second-order valence-corrected chi connectivity index (χ2v) is 7.69. The Morgan fingerprint density at radius 3 is 2.53 bits per heavy atom. The predicted molar refractivity (Wildman–Crippen MR) is 72.2 cm³/mol. The molecule has 0 bridgehead atoms. The molecule has 3 atom stereocenters. The lowest BCUT2D eigenvalue weighted by Crippen LogP contribution is -2.26. The molecule has 2 N–H and O–H groups in total. The van der Waals surface area contributed by atoms with E-state index >= 15 is 0 Å². The summed E-state index contributed by atoms with van der Waals surface area (Å²) in [5, 5.41) is 4.69. The maximum atomic E-state index is 11.2. The van der Waals surface area contributed by atoms with E-state index in [0.717, 1.165) is 10.9 Å². The third-order valence-corrected chi connectivity index (χ3v) is 5.26. The quantitative estimate of drug-likeness (QED) is 0.928. The fourth-order valence-corrected chi connectivity index (χ4v) is 2.97. The number of halogens is 1. The monoisotopic (exact) mass is 317 g/mol. The molecule has 0 spiro atoms. The van der Waals surface area contributed by atoms with Crippen molar-refractivity contribution in [1.82, 2.24) is 0 Å². The van der Waals surface area contributed by atoms with Crippen molar-refractivity contribution in [2.24, 2.45) is 11.1 Å². The molecule has 5 heteroatoms. The Balaban J connectivity index is 1.95. The molecule has 1 fully saturated rings. The Hall–Kier alpha value is -0.390. The Morgan fingerprint density at radius 1 is 1.41 bits per heavy atom. The van der Waals surface area contributed by atoms with Crippen molar-refractivity contribution in [3.05, 3.63) is 34.3 Å². The number of hydrogen-bond acceptors (Lipinski definition) is 2. The van der Waals surface area contributed by atoms with Crippen LogP contribution in [0, 0.1) is 5.92 Å². The Bertz CT molecular complexity index is 498. The second-order valence-electron chi connectivity index (χ2n) is 4.79. The average Bonchev–Trinajstić information content (AvgIpc) is 2.97. The molecule has 2 rings (SSSR count). The van der Waals surface area contributed by atoms with E-state index in [2.05, 4.69) is 28.1 Å². The smallest absolute Gasteiger partial charge is 0.211 e. The summed E-state index contributed by atoms with van der Waals surface area (Å²) in [6.07, 6.45) is 1.74. The Morgan fingerprint density at radius 2 is 2.00 bits per heavy atom. The molecule has 1 aliphatic rings. The van der Waals surface area contributed by atoms with E-state index in [1.165, 1.54) is 5.56 Å². The highest BCUT2D eigenvalue weighted by atomic mass is 79.9. The molecule has 3 nitrogen and oxygen atoms in total. The third kappa shape index (κ3) is 3.30. The molecule has 0 saturated heterocycles. The number of hydrogen-bond donors (Lipinski definition) is 1. The zero-order valence-corrected chi connectivity index (χ0v) is 12.0. The van der Waals surface area contributed by atoms with Crippen LogP contribution in [-0.2, 0) is 10.0 Å². The van der Waals surface area contributed by atoms with E-state index in [1.54, 1.807) is 6.92 Å². The predicted octanol–water partition coefficient (Wildman–Crippen LogP) is 2.62. The lowest BCUT2D eigenvalue weighted by Gasteiger charge is -2.08. The molecule has 0 heterocycles. The summed E-state index contributed by atoms with van der Waals surface area (Å²) in [4.78, 5) is 0. The molecule has 1 aromatic rings. The molecule has 0 radical (unpaired) electrons. The molecular weight excluding hydrogens is 302 g/mol. The van der Waals surface area contributed by atoms with Crippen LogP contribution in [0.25, 0.3) is 0 Å². The van der Waals surface area contributed by atoms with Crippen molar-refractivity contribution in [2.75, 3.05) is 0 Å². The number of rotatable bonds is 4. The highest BCUT2D eigenvalue weighted by molar-refractivity contribution is 9.10. The van der Waals surface area contributed by atoms with E-state index in [1.807, 2.05) is 12.1 Å². The van der Waals surface area contributed by atoms with Gasteiger partial charge in [-0.1, -0.05) is 28.1 Å². The normalized spacial score (nSPS) is 25.6. The zero-order chi connectivity index (χ0) is 12.6. The van der Waals surface area contributed by atoms with Crippen LogP contribution >= 0.6 is 15.9 Å². The van der Waals surface area contributed by atoms with Crippen molar-refractivity contribution in [1.29, 1.82) is 0 Å². The summed E-state index contributed by atoms with van der Waals surface area (Å²) in [7, 11) is -3.38. The zero-order valence-electron chi connectivity index (χ0n) is 9.64. The number of benzene rings is 1. The maximum absolute atomic E-state index is 11.2. The highest BCUT2D eigenvalue weighted by Gasteiger charge is 2.40. The topological polar surface area (TPSA) is 60.2 Å². The van der Waals surface area contributed by atoms with Crippen molar-refractivity contribution in [2.45, 2.75) is 30.9 Å². The maximum Gasteiger partial charge on any atom is 0.211 e. The highest BCUT2D eigenvalue weighted by Crippen LogP contribution is 2.50. The van der Waals surface area contributed by atoms with Gasteiger partial charge in [0.15, 0.2) is 0 Å². The van der Waals surface area contributed by atoms with E-state index in [-0.39, 0.29) is 0 Å². The first-order valence-corrected chi connectivity index (χ1v) is 8.05. The lowest BCUT2D eigenvalue weighted by atomic mass is 10.1. The van der Waals surface area contributed by atoms with Gasteiger partial charge in [-0.05, 0) is 49.3 Å². The van der Waals surface area contributed by atoms with Crippen LogP contribution in [0.3, 0.4) is 0 Å². The minimum Gasteiger partial charge on any atom is -0.228 e. The van der Waals surface area contributed by atoms with Crippen LogP contribution in [0.5, 0.6) is 0 Å². The van der Waals surface area contributed by atoms with Crippen LogP contribution < -0.4 is 5.14 Å². The average molecular weight is 318 g/mol. The van der Waals surface area contributed by atoms with Gasteiger partial charge < -0.3 is 0 Å². The SMILES string of the molecule is CC(CC1CC1c1ccc(Br)cc1)S(N)(=O)=O. The molecule has 94 valence electrons. The molecule has 1 aromatic carbocycles. The first-order chi connectivity index (χ1) is 7.88. The standard InChI is InChI=1S/C12H16BrNO2S/c1-8(17(14,15)16)6-10-7-12(10)9-2-4-11(13)5-3-9/h2-5,8,10,12H,6-7H2,1H3,(H2,14,15,16). The second kappa shape index (κ2) is 4.71. The summed E-state index contributed by atoms with van der Waals surface area (Å²) in [6.45, 7) is 1.69. The molecule has 17 heavy (non-hydrogen) atoms. The van der Waals surface area contributed by atoms with E-state index < -0.39 is 15.3 Å². The van der Waals surface area contributed by atoms with Crippen LogP contribution in [0.4, 0.5) is 0 Å². The van der Waals surface area contributed by atoms with Gasteiger partial charge in [-0.25, -0.2) is 13.6 Å². The number of nitrogens with two attached hydrogens (primary N) is 1. The van der Waals surface area contributed by atoms with Crippen LogP contribution in [0.1, 0.15) is 31.2 Å². The van der Waals surface area contributed by atoms with E-state index in [4.69, 9.17) is 5.14 Å². The largest absolute Gasteiger partial charge is 0.228 e. The summed E-state index contributed by atoms with van der Waals surface area (Å²) in [5.74, 6) is 0.969. The van der Waals surface area contributed by atoms with Gasteiger partial charge in [-0.2, -0.15) is 0 Å². The van der Waals surface area contributed by atoms with Crippen molar-refractivity contribution in [3.63, 3.8) is 0 Å². The van der Waals surface area contributed by atoms with Gasteiger partial charge in [0.25, 0.3) is 0 Å². The van der Waals surface area contributed by atoms with Gasteiger partial charge >= 0.3 is 0 Å². The molecular formula is C12H16BrNO2S. The summed E-state index contributed by atoms with van der Waals surface area (Å²) >= 11 is 3.40. The lowest BCUT2D eigenvalue weighted by molar-refractivity contribution is 0.569. The summed E-state index contributed by atoms with van der Waals surface area (Å²) < 4.78 is 23.4. The Kier molecular flexibility index (Phi) is 3.61. The fraction of sp³-hybridized carbons (Fsp3) is 0.500. The Labute approximate surface area is 111 Å². The van der Waals surface area contributed by atoms with Crippen molar-refractivity contribution >= 4 is 26.0 Å². The van der Waals surface area contributed by atoms with Gasteiger partial charge in [-0.3, -0.25) is 0 Å². The van der Waals surface area contributed by atoms with Gasteiger partial charge in [0.1, 0.15) is 0 Å². The van der Waals surface area contributed by atoms with Gasteiger partial charge in [0.05, 0.1) is 5.25 Å². The summed E-state index contributed by atoms with van der Waals surface area (Å²) in [6, 6.07) is 8.23. The van der Waals surface area contributed by atoms with Gasteiger partial charge in [-0.15, -0.1) is 0 Å². The van der Waals surface area contributed by atoms with E-state index in [9.17, 15) is 8.42 Å². The van der Waals surface area contributed by atoms with E-state index in [0.29, 0.717) is 18.3 Å². The van der Waals surface area contributed by atoms with Crippen molar-refractivity contribution < 1.29 is 8.42 Å². The molecule has 0 amide bonds. The fourth-order valence-electron chi connectivity index (χ4n) is 2.19. The number of sulfonamides is 1. The molecule has 0 aliphatic heterocycles. The molecule has 1 aliphatic carbocycles. The van der Waals surface area contributed by atoms with Crippen LogP contribution in [-0.4, -0.2) is 13.7 Å². The van der Waals surface area contributed by atoms with Crippen LogP contribution in [0.2, 0.25) is 0 Å². The van der Waals surface area contributed by atoms with Crippen LogP contribution in [0.15, 0.2) is 28.7 Å². The molecule has 0 aromatic heterocycles. The third-order valence-electron chi connectivity index (χ3n) is 3.42. The molecule has 3 unspecified atom stereocenters. The molecule has 1 saturated carbocycles. The first kappa shape index (κ1) is 13.1.